The van der Waals surface area contributed by atoms with Crippen LogP contribution < -0.4 is 9.80 Å². The maximum absolute atomic E-state index is 11.2. The van der Waals surface area contributed by atoms with E-state index in [1.807, 2.05) is 4.90 Å². The Hall–Kier alpha value is -1.97. The van der Waals surface area contributed by atoms with Crippen LogP contribution in [0.25, 0.3) is 0 Å². The zero-order valence-electron chi connectivity index (χ0n) is 16.4. The molecule has 3 aliphatic heterocycles. The molecule has 9 nitrogen and oxygen atoms in total. The summed E-state index contributed by atoms with van der Waals surface area (Å²) >= 11 is 0. The van der Waals surface area contributed by atoms with Crippen molar-refractivity contribution in [1.29, 1.82) is 0 Å². The summed E-state index contributed by atoms with van der Waals surface area (Å²) < 4.78 is 11.3. The number of morpholine rings is 1. The number of carboxylic acids is 1. The van der Waals surface area contributed by atoms with Gasteiger partial charge in [0.25, 0.3) is 0 Å². The first kappa shape index (κ1) is 19.4. The van der Waals surface area contributed by atoms with Crippen molar-refractivity contribution in [2.24, 2.45) is 5.92 Å². The minimum Gasteiger partial charge on any atom is -0.480 e. The summed E-state index contributed by atoms with van der Waals surface area (Å²) in [6, 6.07) is 2.16. The molecule has 154 valence electrons. The lowest BCUT2D eigenvalue weighted by Crippen LogP contribution is -2.45. The maximum Gasteiger partial charge on any atom is 0.317 e. The summed E-state index contributed by atoms with van der Waals surface area (Å²) in [5, 5.41) is 9.23. The fourth-order valence-corrected chi connectivity index (χ4v) is 4.24. The zero-order chi connectivity index (χ0) is 19.5. The average Bonchev–Trinajstić information content (AvgIpc) is 2.98. The molecule has 0 radical (unpaired) electrons. The van der Waals surface area contributed by atoms with Gasteiger partial charge in [-0.1, -0.05) is 6.92 Å². The SMILES string of the molecule is CCc1cc(N2C[C@H]3COC[C@@H]2CN(CC(=O)O)C3)nc(N2CCOCC2)n1. The number of anilines is 2. The number of nitrogens with zero attached hydrogens (tertiary/aromatic N) is 5. The highest BCUT2D eigenvalue weighted by molar-refractivity contribution is 5.69. The first-order chi connectivity index (χ1) is 13.6. The van der Waals surface area contributed by atoms with Gasteiger partial charge in [-0.2, -0.15) is 4.98 Å². The van der Waals surface area contributed by atoms with Gasteiger partial charge in [0.05, 0.1) is 39.0 Å². The number of carboxylic acid groups (broad SMARTS) is 1. The van der Waals surface area contributed by atoms with E-state index in [0.29, 0.717) is 33.0 Å². The third-order valence-corrected chi connectivity index (χ3v) is 5.61. The van der Waals surface area contributed by atoms with Gasteiger partial charge in [-0.3, -0.25) is 9.69 Å². The summed E-state index contributed by atoms with van der Waals surface area (Å²) in [5.41, 5.74) is 1.02. The van der Waals surface area contributed by atoms with Gasteiger partial charge in [-0.15, -0.1) is 0 Å². The third kappa shape index (κ3) is 4.37. The van der Waals surface area contributed by atoms with E-state index in [9.17, 15) is 9.90 Å². The molecule has 4 rings (SSSR count). The van der Waals surface area contributed by atoms with Gasteiger partial charge in [0.2, 0.25) is 5.95 Å². The standard InChI is InChI=1S/C19H29N5O4/c1-2-15-7-17(21-19(20-15)23-3-5-27-6-4-23)24-9-14-8-22(11-18(25)26)10-16(24)13-28-12-14/h7,14,16H,2-6,8-13H2,1H3,(H,25,26)/t14-,16-/m0/s1. The van der Waals surface area contributed by atoms with Crippen molar-refractivity contribution in [2.75, 3.05) is 75.5 Å². The Morgan fingerprint density at radius 2 is 2.00 bits per heavy atom. The van der Waals surface area contributed by atoms with Crippen LogP contribution in [-0.4, -0.2) is 97.7 Å². The lowest BCUT2D eigenvalue weighted by molar-refractivity contribution is -0.138. The van der Waals surface area contributed by atoms with Crippen LogP contribution in [0, 0.1) is 5.92 Å². The minimum atomic E-state index is -0.780. The molecule has 0 aliphatic carbocycles. The second-order valence-corrected chi connectivity index (χ2v) is 7.77. The Morgan fingerprint density at radius 1 is 1.18 bits per heavy atom. The summed E-state index contributed by atoms with van der Waals surface area (Å²) in [6.07, 6.45) is 0.844. The molecule has 0 amide bonds. The number of aryl methyl sites for hydroxylation is 1. The van der Waals surface area contributed by atoms with Gasteiger partial charge >= 0.3 is 5.97 Å². The molecule has 2 atom stereocenters. The number of fused-ring (bicyclic) bond motifs is 3. The van der Waals surface area contributed by atoms with Crippen LogP contribution in [0.5, 0.6) is 0 Å². The van der Waals surface area contributed by atoms with Crippen molar-refractivity contribution in [2.45, 2.75) is 19.4 Å². The Bertz CT molecular complexity index is 697. The van der Waals surface area contributed by atoms with E-state index in [1.54, 1.807) is 0 Å². The summed E-state index contributed by atoms with van der Waals surface area (Å²) in [6.45, 7) is 8.64. The number of aromatic nitrogens is 2. The molecule has 1 aromatic rings. The van der Waals surface area contributed by atoms with E-state index < -0.39 is 5.97 Å². The summed E-state index contributed by atoms with van der Waals surface area (Å²) in [7, 11) is 0. The lowest BCUT2D eigenvalue weighted by atomic mass is 10.1. The molecule has 0 aromatic carbocycles. The third-order valence-electron chi connectivity index (χ3n) is 5.61. The molecule has 0 unspecified atom stereocenters. The van der Waals surface area contributed by atoms with Crippen LogP contribution >= 0.6 is 0 Å². The van der Waals surface area contributed by atoms with E-state index in [1.165, 1.54) is 0 Å². The minimum absolute atomic E-state index is 0.0733. The fraction of sp³-hybridized carbons (Fsp3) is 0.737. The van der Waals surface area contributed by atoms with Crippen LogP contribution in [0.4, 0.5) is 11.8 Å². The maximum atomic E-state index is 11.2. The predicted octanol–water partition coefficient (Wildman–Crippen LogP) is 0.0972. The first-order valence-electron chi connectivity index (χ1n) is 10.1. The molecular weight excluding hydrogens is 362 g/mol. The fourth-order valence-electron chi connectivity index (χ4n) is 4.24. The molecule has 1 aromatic heterocycles. The van der Waals surface area contributed by atoms with Gasteiger partial charge < -0.3 is 24.4 Å². The van der Waals surface area contributed by atoms with Crippen molar-refractivity contribution < 1.29 is 19.4 Å². The van der Waals surface area contributed by atoms with Crippen molar-refractivity contribution >= 4 is 17.7 Å². The molecule has 4 heterocycles. The van der Waals surface area contributed by atoms with Gasteiger partial charge in [-0.05, 0) is 6.42 Å². The number of hydrogen-bond acceptors (Lipinski definition) is 8. The van der Waals surface area contributed by atoms with Crippen LogP contribution in [0.3, 0.4) is 0 Å². The molecule has 3 fully saturated rings. The van der Waals surface area contributed by atoms with Gasteiger partial charge in [0.15, 0.2) is 0 Å². The van der Waals surface area contributed by atoms with Crippen molar-refractivity contribution in [3.8, 4) is 0 Å². The van der Waals surface area contributed by atoms with Crippen LogP contribution in [0.15, 0.2) is 6.07 Å². The topological polar surface area (TPSA) is 91.3 Å². The molecular formula is C19H29N5O4. The Morgan fingerprint density at radius 3 is 2.75 bits per heavy atom. The largest absolute Gasteiger partial charge is 0.480 e. The number of ether oxygens (including phenoxy) is 2. The second-order valence-electron chi connectivity index (χ2n) is 7.77. The molecule has 3 saturated heterocycles. The van der Waals surface area contributed by atoms with Crippen molar-refractivity contribution in [3.05, 3.63) is 11.8 Å². The van der Waals surface area contributed by atoms with Gasteiger partial charge in [0, 0.05) is 50.4 Å². The number of carbonyl (C=O) groups is 1. The second kappa shape index (κ2) is 8.59. The molecule has 9 heteroatoms. The molecule has 0 saturated carbocycles. The van der Waals surface area contributed by atoms with Crippen LogP contribution in [0.1, 0.15) is 12.6 Å². The summed E-state index contributed by atoms with van der Waals surface area (Å²) in [5.74, 6) is 1.17. The Labute approximate surface area is 165 Å². The number of rotatable bonds is 5. The average molecular weight is 391 g/mol. The molecule has 3 aliphatic rings. The smallest absolute Gasteiger partial charge is 0.317 e. The summed E-state index contributed by atoms with van der Waals surface area (Å²) in [4.78, 5) is 27.4. The molecule has 0 spiro atoms. The predicted molar refractivity (Wildman–Crippen MR) is 104 cm³/mol. The lowest BCUT2D eigenvalue weighted by Gasteiger charge is -2.33. The Balaban J connectivity index is 1.62. The first-order valence-corrected chi connectivity index (χ1v) is 10.1. The van der Waals surface area contributed by atoms with Crippen LogP contribution in [-0.2, 0) is 20.7 Å². The van der Waals surface area contributed by atoms with Crippen molar-refractivity contribution in [3.63, 3.8) is 0 Å². The van der Waals surface area contributed by atoms with Crippen LogP contribution in [0.2, 0.25) is 0 Å². The van der Waals surface area contributed by atoms with Crippen molar-refractivity contribution in [1.82, 2.24) is 14.9 Å². The number of hydrogen-bond donors (Lipinski definition) is 1. The zero-order valence-corrected chi connectivity index (χ0v) is 16.4. The van der Waals surface area contributed by atoms with E-state index in [2.05, 4.69) is 22.8 Å². The van der Waals surface area contributed by atoms with E-state index in [-0.39, 0.29) is 18.5 Å². The molecule has 1 N–H and O–H groups in total. The normalized spacial score (nSPS) is 26.2. The highest BCUT2D eigenvalue weighted by Gasteiger charge is 2.35. The Kier molecular flexibility index (Phi) is 5.93. The van der Waals surface area contributed by atoms with E-state index in [0.717, 1.165) is 50.1 Å². The van der Waals surface area contributed by atoms with E-state index in [4.69, 9.17) is 19.4 Å². The quantitative estimate of drug-likeness (QED) is 0.750. The van der Waals surface area contributed by atoms with E-state index >= 15 is 0 Å². The van der Waals surface area contributed by atoms with Gasteiger partial charge in [-0.25, -0.2) is 4.98 Å². The number of aliphatic carboxylic acids is 1. The highest BCUT2D eigenvalue weighted by atomic mass is 16.5. The monoisotopic (exact) mass is 391 g/mol. The van der Waals surface area contributed by atoms with Gasteiger partial charge in [0.1, 0.15) is 5.82 Å². The highest BCUT2D eigenvalue weighted by Crippen LogP contribution is 2.27. The molecule has 28 heavy (non-hydrogen) atoms. The molecule has 2 bridgehead atoms.